The number of carbonyl (C=O) groups is 1. The van der Waals surface area contributed by atoms with Crippen LogP contribution in [0.25, 0.3) is 0 Å². The Bertz CT molecular complexity index is 547. The molecule has 4 heteroatoms. The lowest BCUT2D eigenvalue weighted by Crippen LogP contribution is -2.50. The van der Waals surface area contributed by atoms with Crippen LogP contribution < -0.4 is 15.4 Å². The van der Waals surface area contributed by atoms with Crippen molar-refractivity contribution in [2.24, 2.45) is 0 Å². The number of piperidine rings is 1. The van der Waals surface area contributed by atoms with Gasteiger partial charge in [0.2, 0.25) is 0 Å². The lowest BCUT2D eigenvalue weighted by atomic mass is 9.94. The van der Waals surface area contributed by atoms with Crippen LogP contribution in [-0.4, -0.2) is 30.6 Å². The Labute approximate surface area is 146 Å². The minimum absolute atomic E-state index is 0.0187. The summed E-state index contributed by atoms with van der Waals surface area (Å²) in [7, 11) is 0. The average Bonchev–Trinajstić information content (AvgIpc) is 2.51. The molecule has 0 radical (unpaired) electrons. The predicted molar refractivity (Wildman–Crippen MR) is 98.9 cm³/mol. The summed E-state index contributed by atoms with van der Waals surface area (Å²) < 4.78 is 5.82. The van der Waals surface area contributed by atoms with Crippen molar-refractivity contribution in [3.63, 3.8) is 0 Å². The molecule has 4 nitrogen and oxygen atoms in total. The van der Waals surface area contributed by atoms with E-state index in [9.17, 15) is 4.79 Å². The molecule has 0 saturated carbocycles. The van der Waals surface area contributed by atoms with E-state index in [1.54, 1.807) is 0 Å². The molecular formula is C20H32N2O2. The van der Waals surface area contributed by atoms with Gasteiger partial charge in [-0.3, -0.25) is 4.79 Å². The zero-order chi connectivity index (χ0) is 17.7. The number of hydrogen-bond donors (Lipinski definition) is 2. The molecule has 2 atom stereocenters. The smallest absolute Gasteiger partial charge is 0.251 e. The van der Waals surface area contributed by atoms with E-state index in [2.05, 4.69) is 45.3 Å². The van der Waals surface area contributed by atoms with Crippen LogP contribution in [0.2, 0.25) is 0 Å². The normalized spacial score (nSPS) is 24.0. The summed E-state index contributed by atoms with van der Waals surface area (Å²) in [5, 5.41) is 6.71. The minimum atomic E-state index is 0.0187. The van der Waals surface area contributed by atoms with Gasteiger partial charge < -0.3 is 15.4 Å². The summed E-state index contributed by atoms with van der Waals surface area (Å²) in [6.07, 6.45) is 2.93. The monoisotopic (exact) mass is 332 g/mol. The van der Waals surface area contributed by atoms with Gasteiger partial charge >= 0.3 is 0 Å². The molecule has 1 heterocycles. The SMILES string of the molecule is CCCOc1ccc(C(=O)NC2CC(C)NC(C)C2)cc1C(C)C. The van der Waals surface area contributed by atoms with Gasteiger partial charge in [0, 0.05) is 23.7 Å². The van der Waals surface area contributed by atoms with E-state index in [4.69, 9.17) is 4.74 Å². The van der Waals surface area contributed by atoms with Crippen molar-refractivity contribution in [3.05, 3.63) is 29.3 Å². The highest BCUT2D eigenvalue weighted by Gasteiger charge is 2.25. The first-order valence-corrected chi connectivity index (χ1v) is 9.24. The summed E-state index contributed by atoms with van der Waals surface area (Å²) in [5.74, 6) is 1.24. The van der Waals surface area contributed by atoms with E-state index in [1.807, 2.05) is 18.2 Å². The predicted octanol–water partition coefficient (Wildman–Crippen LogP) is 3.86. The number of amides is 1. The van der Waals surface area contributed by atoms with Crippen LogP contribution in [0.4, 0.5) is 0 Å². The number of ether oxygens (including phenoxy) is 1. The molecular weight excluding hydrogens is 300 g/mol. The van der Waals surface area contributed by atoms with Gasteiger partial charge in [-0.05, 0) is 62.8 Å². The third-order valence-corrected chi connectivity index (χ3v) is 4.54. The number of hydrogen-bond acceptors (Lipinski definition) is 3. The van der Waals surface area contributed by atoms with Crippen LogP contribution in [-0.2, 0) is 0 Å². The van der Waals surface area contributed by atoms with Gasteiger partial charge in [0.25, 0.3) is 5.91 Å². The standard InChI is InChI=1S/C20H32N2O2/c1-6-9-24-19-8-7-16(12-18(19)13(2)3)20(23)22-17-10-14(4)21-15(5)11-17/h7-8,12-15,17,21H,6,9-11H2,1-5H3,(H,22,23). The van der Waals surface area contributed by atoms with E-state index in [1.165, 1.54) is 0 Å². The molecule has 2 N–H and O–H groups in total. The summed E-state index contributed by atoms with van der Waals surface area (Å²) in [6, 6.07) is 6.92. The van der Waals surface area contributed by atoms with Crippen LogP contribution in [0, 0.1) is 0 Å². The molecule has 0 aliphatic carbocycles. The molecule has 24 heavy (non-hydrogen) atoms. The average molecular weight is 332 g/mol. The molecule has 2 unspecified atom stereocenters. The zero-order valence-corrected chi connectivity index (χ0v) is 15.7. The second kappa shape index (κ2) is 8.52. The van der Waals surface area contributed by atoms with Crippen molar-refractivity contribution < 1.29 is 9.53 Å². The van der Waals surface area contributed by atoms with E-state index in [0.717, 1.165) is 36.1 Å². The first kappa shape index (κ1) is 18.8. The molecule has 2 rings (SSSR count). The second-order valence-corrected chi connectivity index (χ2v) is 7.37. The van der Waals surface area contributed by atoms with Crippen molar-refractivity contribution >= 4 is 5.91 Å². The number of nitrogens with one attached hydrogen (secondary N) is 2. The molecule has 0 bridgehead atoms. The van der Waals surface area contributed by atoms with Crippen LogP contribution in [0.15, 0.2) is 18.2 Å². The van der Waals surface area contributed by atoms with Crippen LogP contribution in [0.3, 0.4) is 0 Å². The quantitative estimate of drug-likeness (QED) is 0.832. The van der Waals surface area contributed by atoms with Crippen molar-refractivity contribution in [1.29, 1.82) is 0 Å². The van der Waals surface area contributed by atoms with Gasteiger partial charge in [-0.25, -0.2) is 0 Å². The fraction of sp³-hybridized carbons (Fsp3) is 0.650. The molecule has 0 spiro atoms. The van der Waals surface area contributed by atoms with Crippen molar-refractivity contribution in [1.82, 2.24) is 10.6 Å². The maximum Gasteiger partial charge on any atom is 0.251 e. The Morgan fingerprint density at radius 2 is 1.96 bits per heavy atom. The van der Waals surface area contributed by atoms with Crippen LogP contribution >= 0.6 is 0 Å². The highest BCUT2D eigenvalue weighted by atomic mass is 16.5. The fourth-order valence-corrected chi connectivity index (χ4v) is 3.44. The van der Waals surface area contributed by atoms with Gasteiger partial charge in [0.1, 0.15) is 5.75 Å². The molecule has 1 amide bonds. The van der Waals surface area contributed by atoms with E-state index >= 15 is 0 Å². The van der Waals surface area contributed by atoms with Crippen molar-refractivity contribution in [2.45, 2.75) is 77.9 Å². The summed E-state index contributed by atoms with van der Waals surface area (Å²) >= 11 is 0. The van der Waals surface area contributed by atoms with Gasteiger partial charge in [-0.1, -0.05) is 20.8 Å². The van der Waals surface area contributed by atoms with E-state index in [-0.39, 0.29) is 11.9 Å². The molecule has 1 fully saturated rings. The Hall–Kier alpha value is -1.55. The molecule has 0 aromatic heterocycles. The van der Waals surface area contributed by atoms with E-state index in [0.29, 0.717) is 24.6 Å². The lowest BCUT2D eigenvalue weighted by Gasteiger charge is -2.33. The topological polar surface area (TPSA) is 50.4 Å². The maximum absolute atomic E-state index is 12.7. The van der Waals surface area contributed by atoms with Crippen LogP contribution in [0.1, 0.15) is 75.7 Å². The maximum atomic E-state index is 12.7. The Balaban J connectivity index is 2.10. The van der Waals surface area contributed by atoms with E-state index < -0.39 is 0 Å². The minimum Gasteiger partial charge on any atom is -0.493 e. The highest BCUT2D eigenvalue weighted by molar-refractivity contribution is 5.94. The molecule has 1 aromatic rings. The number of rotatable bonds is 6. The molecule has 1 aliphatic heterocycles. The summed E-state index contributed by atoms with van der Waals surface area (Å²) in [6.45, 7) is 11.4. The van der Waals surface area contributed by atoms with Gasteiger partial charge in [0.15, 0.2) is 0 Å². The second-order valence-electron chi connectivity index (χ2n) is 7.37. The van der Waals surface area contributed by atoms with Crippen molar-refractivity contribution in [2.75, 3.05) is 6.61 Å². The van der Waals surface area contributed by atoms with Gasteiger partial charge in [0.05, 0.1) is 6.61 Å². The summed E-state index contributed by atoms with van der Waals surface area (Å²) in [4.78, 5) is 12.7. The lowest BCUT2D eigenvalue weighted by molar-refractivity contribution is 0.0920. The zero-order valence-electron chi connectivity index (χ0n) is 15.7. The number of carbonyl (C=O) groups excluding carboxylic acids is 1. The molecule has 1 aromatic carbocycles. The molecule has 134 valence electrons. The first-order chi connectivity index (χ1) is 11.4. The fourth-order valence-electron chi connectivity index (χ4n) is 3.44. The van der Waals surface area contributed by atoms with Crippen molar-refractivity contribution in [3.8, 4) is 5.75 Å². The highest BCUT2D eigenvalue weighted by Crippen LogP contribution is 2.28. The summed E-state index contributed by atoms with van der Waals surface area (Å²) in [5.41, 5.74) is 1.82. The Kier molecular flexibility index (Phi) is 6.67. The molecule has 1 saturated heterocycles. The Morgan fingerprint density at radius 3 is 2.54 bits per heavy atom. The van der Waals surface area contributed by atoms with Gasteiger partial charge in [-0.15, -0.1) is 0 Å². The first-order valence-electron chi connectivity index (χ1n) is 9.24. The van der Waals surface area contributed by atoms with Crippen LogP contribution in [0.5, 0.6) is 5.75 Å². The third kappa shape index (κ3) is 4.97. The third-order valence-electron chi connectivity index (χ3n) is 4.54. The van der Waals surface area contributed by atoms with Gasteiger partial charge in [-0.2, -0.15) is 0 Å². The number of benzene rings is 1. The molecule has 1 aliphatic rings. The largest absolute Gasteiger partial charge is 0.493 e. The Morgan fingerprint density at radius 1 is 1.29 bits per heavy atom.